The number of ether oxygens (including phenoxy) is 5. The Hall–Kier alpha value is -10.9. The summed E-state index contributed by atoms with van der Waals surface area (Å²) in [5.74, 6) is 2.93. The predicted octanol–water partition coefficient (Wildman–Crippen LogP) is 21.0. The Morgan fingerprint density at radius 1 is 0.310 bits per heavy atom. The number of benzene rings is 12. The molecule has 16 rings (SSSR count). The van der Waals surface area contributed by atoms with E-state index in [0.717, 1.165) is 36.5 Å². The summed E-state index contributed by atoms with van der Waals surface area (Å²) in [7, 11) is 0. The molecule has 0 aromatic heterocycles. The van der Waals surface area contributed by atoms with E-state index in [1.807, 2.05) is 30.3 Å². The van der Waals surface area contributed by atoms with E-state index in [1.165, 1.54) is 153 Å². The largest absolute Gasteiger partial charge is 0.501 e. The lowest BCUT2D eigenvalue weighted by molar-refractivity contribution is 0.180. The maximum Gasteiger partial charge on any atom is 0.148 e. The zero-order valence-electron chi connectivity index (χ0n) is 48.6. The number of hydrogen-bond acceptors (Lipinski definition) is 5. The van der Waals surface area contributed by atoms with Crippen LogP contribution in [0.5, 0.6) is 17.2 Å². The summed E-state index contributed by atoms with van der Waals surface area (Å²) < 4.78 is 27.2. The Balaban J connectivity index is 0.000000107. The molecule has 5 nitrogen and oxygen atoms in total. The Kier molecular flexibility index (Phi) is 17.1. The molecule has 4 aliphatic carbocycles. The van der Waals surface area contributed by atoms with Crippen LogP contribution in [0.25, 0.3) is 65.7 Å². The molecular weight excluding hydrogens is 1060 g/mol. The molecule has 0 saturated carbocycles. The summed E-state index contributed by atoms with van der Waals surface area (Å²) in [6.07, 6.45) is 10.4. The topological polar surface area (TPSA) is 46.2 Å². The third-order valence-electron chi connectivity index (χ3n) is 16.5. The molecule has 5 heteroatoms. The minimum atomic E-state index is -0.00588. The molecule has 87 heavy (non-hydrogen) atoms. The van der Waals surface area contributed by atoms with E-state index < -0.39 is 0 Å². The van der Waals surface area contributed by atoms with Gasteiger partial charge in [-0.05, 0) is 172 Å². The van der Waals surface area contributed by atoms with Gasteiger partial charge in [0.2, 0.25) is 0 Å². The van der Waals surface area contributed by atoms with E-state index in [0.29, 0.717) is 12.5 Å². The minimum Gasteiger partial charge on any atom is -0.501 e. The van der Waals surface area contributed by atoms with Crippen molar-refractivity contribution in [2.24, 2.45) is 0 Å². The van der Waals surface area contributed by atoms with E-state index in [-0.39, 0.29) is 6.10 Å². The fraction of sp³-hybridized carbons (Fsp3) is 0.0732. The van der Waals surface area contributed by atoms with Crippen LogP contribution in [0.4, 0.5) is 0 Å². The molecule has 0 amide bonds. The molecule has 0 fully saturated rings. The third-order valence-corrected chi connectivity index (χ3v) is 16.5. The van der Waals surface area contributed by atoms with Gasteiger partial charge in [0.1, 0.15) is 23.4 Å². The molecule has 0 heterocycles. The van der Waals surface area contributed by atoms with Gasteiger partial charge in [-0.2, -0.15) is 0 Å². The van der Waals surface area contributed by atoms with Crippen molar-refractivity contribution in [3.05, 3.63) is 369 Å². The van der Waals surface area contributed by atoms with Gasteiger partial charge in [-0.25, -0.2) is 0 Å². The van der Waals surface area contributed by atoms with E-state index in [4.69, 9.17) is 23.7 Å². The molecule has 0 atom stereocenters. The lowest BCUT2D eigenvalue weighted by atomic mass is 9.84. The molecule has 424 valence electrons. The van der Waals surface area contributed by atoms with Crippen LogP contribution in [0.1, 0.15) is 67.7 Å². The molecule has 0 spiro atoms. The SMILES string of the molecule is C=COC1c2ccccc2Cc2ccccc21.C=COCC1c2ccccc2-c2ccccc21.C=COc1ccc2c(c1)Cc1ccccc1-2.C=COc1ccc2cc3cc4ccccc4cc3cc2c1.C=COc1cccc2c1Cc1ccccc1-2. The molecule has 0 saturated heterocycles. The predicted molar refractivity (Wildman–Crippen MR) is 359 cm³/mol. The molecule has 0 bridgehead atoms. The van der Waals surface area contributed by atoms with E-state index in [1.54, 1.807) is 0 Å². The molecular formula is C82H66O5. The van der Waals surface area contributed by atoms with Gasteiger partial charge in [-0.3, -0.25) is 0 Å². The van der Waals surface area contributed by atoms with E-state index in [9.17, 15) is 0 Å². The summed E-state index contributed by atoms with van der Waals surface area (Å²) >= 11 is 0. The maximum absolute atomic E-state index is 5.70. The third kappa shape index (κ3) is 12.1. The zero-order valence-corrected chi connectivity index (χ0v) is 48.6. The summed E-state index contributed by atoms with van der Waals surface area (Å²) in [6.45, 7) is 18.7. The van der Waals surface area contributed by atoms with Crippen LogP contribution in [0.15, 0.2) is 313 Å². The average Bonchev–Trinajstić information content (AvgIpc) is 2.70. The van der Waals surface area contributed by atoms with Crippen LogP contribution >= 0.6 is 0 Å². The van der Waals surface area contributed by atoms with E-state index in [2.05, 4.69) is 251 Å². The first-order chi connectivity index (χ1) is 42.9. The second kappa shape index (κ2) is 26.4. The molecule has 12 aromatic carbocycles. The summed E-state index contributed by atoms with van der Waals surface area (Å²) in [6, 6.07) is 86.9. The van der Waals surface area contributed by atoms with Gasteiger partial charge < -0.3 is 23.7 Å². The lowest BCUT2D eigenvalue weighted by Gasteiger charge is -2.27. The van der Waals surface area contributed by atoms with Gasteiger partial charge in [0.05, 0.1) is 37.9 Å². The van der Waals surface area contributed by atoms with Crippen molar-refractivity contribution in [1.82, 2.24) is 0 Å². The summed E-state index contributed by atoms with van der Waals surface area (Å²) in [5, 5.41) is 7.45. The van der Waals surface area contributed by atoms with Gasteiger partial charge >= 0.3 is 0 Å². The Morgan fingerprint density at radius 2 is 0.747 bits per heavy atom. The van der Waals surface area contributed by atoms with Crippen LogP contribution in [0.2, 0.25) is 0 Å². The smallest absolute Gasteiger partial charge is 0.148 e. The number of hydrogen-bond donors (Lipinski definition) is 0. The van der Waals surface area contributed by atoms with Gasteiger partial charge in [0, 0.05) is 29.0 Å². The Labute approximate surface area is 510 Å². The second-order valence-electron chi connectivity index (χ2n) is 21.5. The van der Waals surface area contributed by atoms with Crippen molar-refractivity contribution in [2.45, 2.75) is 31.3 Å². The molecule has 0 aliphatic heterocycles. The lowest BCUT2D eigenvalue weighted by Crippen LogP contribution is -2.14. The average molecular weight is 1130 g/mol. The van der Waals surface area contributed by atoms with Crippen molar-refractivity contribution in [3.63, 3.8) is 0 Å². The highest BCUT2D eigenvalue weighted by molar-refractivity contribution is 6.05. The van der Waals surface area contributed by atoms with Crippen molar-refractivity contribution >= 4 is 32.3 Å². The summed E-state index contributed by atoms with van der Waals surface area (Å²) in [4.78, 5) is 0. The number of fused-ring (bicyclic) bond motifs is 14. The first-order valence-corrected chi connectivity index (χ1v) is 29.4. The van der Waals surface area contributed by atoms with Crippen molar-refractivity contribution in [2.75, 3.05) is 6.61 Å². The van der Waals surface area contributed by atoms with Crippen LogP contribution in [0, 0.1) is 0 Å². The summed E-state index contributed by atoms with van der Waals surface area (Å²) in [5.41, 5.74) is 21.2. The van der Waals surface area contributed by atoms with Crippen molar-refractivity contribution in [1.29, 1.82) is 0 Å². The monoisotopic (exact) mass is 1130 g/mol. The first kappa shape index (κ1) is 56.6. The van der Waals surface area contributed by atoms with Crippen LogP contribution < -0.4 is 14.2 Å². The molecule has 12 aromatic rings. The maximum atomic E-state index is 5.70. The fourth-order valence-corrected chi connectivity index (χ4v) is 12.6. The van der Waals surface area contributed by atoms with E-state index >= 15 is 0 Å². The second-order valence-corrected chi connectivity index (χ2v) is 21.5. The van der Waals surface area contributed by atoms with Gasteiger partial charge in [0.25, 0.3) is 0 Å². The van der Waals surface area contributed by atoms with Crippen LogP contribution in [-0.2, 0) is 28.7 Å². The molecule has 4 aliphatic rings. The van der Waals surface area contributed by atoms with Gasteiger partial charge in [-0.15, -0.1) is 0 Å². The van der Waals surface area contributed by atoms with Crippen LogP contribution in [0.3, 0.4) is 0 Å². The first-order valence-electron chi connectivity index (χ1n) is 29.4. The highest BCUT2D eigenvalue weighted by atomic mass is 16.5. The molecule has 0 radical (unpaired) electrons. The number of rotatable bonds is 11. The minimum absolute atomic E-state index is 0.00588. The standard InChI is InChI=1S/C20H14O.2C16H14O.2C15H12O/c1-2-21-20-8-7-16-11-17-9-14-5-3-4-6-15(14)10-18(17)12-19(16)13-20;1-2-17-11-16-14-9-5-3-7-12(14)13-8-4-6-10-15(13)16;1-2-17-16-14-9-5-3-7-12(14)11-13-8-4-6-10-15(13)16;1-2-16-15-9-5-8-13-12-7-4-3-6-11(12)10-14(13)15;1-2-16-13-7-8-15-12(10-13)9-11-5-3-4-6-14(11)15/h2-13H,1H2;2*2-10,16H,1,11H2;2-9H,1,10H2;2-8,10H,1,9H2. The van der Waals surface area contributed by atoms with Gasteiger partial charge in [0.15, 0.2) is 0 Å². The van der Waals surface area contributed by atoms with Crippen LogP contribution in [-0.4, -0.2) is 6.61 Å². The fourth-order valence-electron chi connectivity index (χ4n) is 12.6. The quantitative estimate of drug-likeness (QED) is 0.0954. The normalized spacial score (nSPS) is 12.2. The molecule has 0 N–H and O–H groups in total. The highest BCUT2D eigenvalue weighted by Crippen LogP contribution is 2.45. The zero-order chi connectivity index (χ0) is 59.5. The van der Waals surface area contributed by atoms with Crippen molar-refractivity contribution in [3.8, 4) is 50.6 Å². The molecule has 0 unspecified atom stereocenters. The van der Waals surface area contributed by atoms with Gasteiger partial charge in [-0.1, -0.05) is 227 Å². The Bertz CT molecular complexity index is 4440. The van der Waals surface area contributed by atoms with Crippen molar-refractivity contribution < 1.29 is 23.7 Å². The Morgan fingerprint density at radius 3 is 1.33 bits per heavy atom. The highest BCUT2D eigenvalue weighted by Gasteiger charge is 2.29.